The van der Waals surface area contributed by atoms with Crippen molar-refractivity contribution in [2.75, 3.05) is 26.3 Å². The van der Waals surface area contributed by atoms with Gasteiger partial charge in [0.1, 0.15) is 0 Å². The summed E-state index contributed by atoms with van der Waals surface area (Å²) in [5, 5.41) is 8.18. The molecule has 21 heavy (non-hydrogen) atoms. The molecule has 118 valence electrons. The van der Waals surface area contributed by atoms with Gasteiger partial charge in [-0.3, -0.25) is 4.90 Å². The van der Waals surface area contributed by atoms with Crippen molar-refractivity contribution in [3.63, 3.8) is 0 Å². The average Bonchev–Trinajstić information content (AvgIpc) is 3.20. The molecule has 3 heterocycles. The molecule has 1 aromatic rings. The quantitative estimate of drug-likeness (QED) is 0.764. The summed E-state index contributed by atoms with van der Waals surface area (Å²) in [7, 11) is 0. The minimum Gasteiger partial charge on any atom is -0.424 e. The van der Waals surface area contributed by atoms with Crippen molar-refractivity contribution in [3.05, 3.63) is 11.8 Å². The van der Waals surface area contributed by atoms with Gasteiger partial charge in [-0.05, 0) is 25.7 Å². The van der Waals surface area contributed by atoms with Crippen LogP contribution in [0.1, 0.15) is 44.4 Å². The van der Waals surface area contributed by atoms with Gasteiger partial charge in [-0.15, -0.1) is 10.2 Å². The molecular formula is C15H25N3O3. The molecule has 0 saturated carbocycles. The van der Waals surface area contributed by atoms with Crippen LogP contribution in [0.25, 0.3) is 0 Å². The number of nitrogens with zero attached hydrogens (tertiary/aromatic N) is 3. The van der Waals surface area contributed by atoms with Crippen LogP contribution in [0.3, 0.4) is 0 Å². The zero-order valence-electron chi connectivity index (χ0n) is 12.8. The monoisotopic (exact) mass is 295 g/mol. The smallest absolute Gasteiger partial charge is 0.230 e. The molecule has 0 N–H and O–H groups in total. The normalized spacial score (nSPS) is 26.0. The summed E-state index contributed by atoms with van der Waals surface area (Å²) in [6, 6.07) is 0. The Balaban J connectivity index is 1.58. The van der Waals surface area contributed by atoms with E-state index in [1.54, 1.807) is 0 Å². The maximum Gasteiger partial charge on any atom is 0.230 e. The molecule has 2 aliphatic heterocycles. The number of rotatable bonds is 7. The van der Waals surface area contributed by atoms with Crippen LogP contribution in [0.2, 0.25) is 0 Å². The molecule has 2 fully saturated rings. The molecule has 0 spiro atoms. The number of hydrogen-bond donors (Lipinski definition) is 0. The van der Waals surface area contributed by atoms with Crippen LogP contribution >= 0.6 is 0 Å². The lowest BCUT2D eigenvalue weighted by Crippen LogP contribution is -2.37. The fraction of sp³-hybridized carbons (Fsp3) is 0.867. The third-order valence-corrected chi connectivity index (χ3v) is 4.14. The van der Waals surface area contributed by atoms with Crippen molar-refractivity contribution >= 4 is 0 Å². The van der Waals surface area contributed by atoms with Gasteiger partial charge in [0, 0.05) is 32.7 Å². The fourth-order valence-corrected chi connectivity index (χ4v) is 3.04. The van der Waals surface area contributed by atoms with Gasteiger partial charge >= 0.3 is 0 Å². The Morgan fingerprint density at radius 3 is 2.10 bits per heavy atom. The molecule has 1 aromatic heterocycles. The molecule has 0 radical (unpaired) electrons. The predicted molar refractivity (Wildman–Crippen MR) is 76.9 cm³/mol. The minimum absolute atomic E-state index is 0.333. The van der Waals surface area contributed by atoms with Crippen LogP contribution in [0, 0.1) is 0 Å². The Kier molecular flexibility index (Phi) is 5.22. The van der Waals surface area contributed by atoms with Crippen molar-refractivity contribution in [2.24, 2.45) is 0 Å². The number of aryl methyl sites for hydroxylation is 1. The topological polar surface area (TPSA) is 60.6 Å². The summed E-state index contributed by atoms with van der Waals surface area (Å²) in [5.41, 5.74) is 0. The Labute approximate surface area is 125 Å². The first-order valence-corrected chi connectivity index (χ1v) is 8.10. The van der Waals surface area contributed by atoms with Gasteiger partial charge in [0.25, 0.3) is 0 Å². The van der Waals surface area contributed by atoms with E-state index in [1.807, 2.05) is 6.92 Å². The first-order valence-electron chi connectivity index (χ1n) is 8.10. The molecular weight excluding hydrogens is 270 g/mol. The SMILES string of the molecule is CCc1nnc(CN(C[C@H]2CCCO2)C[C@@H]2CCCO2)o1. The highest BCUT2D eigenvalue weighted by Gasteiger charge is 2.25. The number of ether oxygens (including phenoxy) is 2. The first kappa shape index (κ1) is 14.9. The Morgan fingerprint density at radius 1 is 1.00 bits per heavy atom. The standard InChI is InChI=1S/C15H25N3O3/c1-2-14-16-17-15(21-14)11-18(9-12-5-3-7-19-12)10-13-6-4-8-20-13/h12-13H,2-11H2,1H3/t12-,13+. The Bertz CT molecular complexity index is 408. The van der Waals surface area contributed by atoms with E-state index < -0.39 is 0 Å². The average molecular weight is 295 g/mol. The molecule has 3 rings (SSSR count). The second-order valence-electron chi connectivity index (χ2n) is 5.91. The molecule has 6 heteroatoms. The number of aromatic nitrogens is 2. The minimum atomic E-state index is 0.333. The first-order chi connectivity index (χ1) is 10.3. The fourth-order valence-electron chi connectivity index (χ4n) is 3.04. The van der Waals surface area contributed by atoms with Crippen LogP contribution in [0.5, 0.6) is 0 Å². The van der Waals surface area contributed by atoms with Crippen LogP contribution in [0.4, 0.5) is 0 Å². The van der Waals surface area contributed by atoms with Gasteiger partial charge in [0.2, 0.25) is 11.8 Å². The molecule has 0 aliphatic carbocycles. The van der Waals surface area contributed by atoms with Crippen molar-refractivity contribution in [1.82, 2.24) is 15.1 Å². The van der Waals surface area contributed by atoms with Gasteiger partial charge in [-0.1, -0.05) is 6.92 Å². The van der Waals surface area contributed by atoms with Crippen LogP contribution in [0.15, 0.2) is 4.42 Å². The third-order valence-electron chi connectivity index (χ3n) is 4.14. The van der Waals surface area contributed by atoms with Crippen molar-refractivity contribution in [3.8, 4) is 0 Å². The largest absolute Gasteiger partial charge is 0.424 e. The van der Waals surface area contributed by atoms with Gasteiger partial charge < -0.3 is 13.9 Å². The zero-order valence-corrected chi connectivity index (χ0v) is 12.8. The van der Waals surface area contributed by atoms with Crippen LogP contribution < -0.4 is 0 Å². The van der Waals surface area contributed by atoms with Gasteiger partial charge in [-0.2, -0.15) is 0 Å². The summed E-state index contributed by atoms with van der Waals surface area (Å²) in [4.78, 5) is 2.35. The summed E-state index contributed by atoms with van der Waals surface area (Å²) >= 11 is 0. The second-order valence-corrected chi connectivity index (χ2v) is 5.91. The zero-order chi connectivity index (χ0) is 14.5. The molecule has 2 aliphatic rings. The maximum atomic E-state index is 5.76. The molecule has 0 amide bonds. The Morgan fingerprint density at radius 2 is 1.62 bits per heavy atom. The van der Waals surface area contributed by atoms with E-state index in [9.17, 15) is 0 Å². The molecule has 2 atom stereocenters. The maximum absolute atomic E-state index is 5.76. The van der Waals surface area contributed by atoms with E-state index in [2.05, 4.69) is 15.1 Å². The van der Waals surface area contributed by atoms with E-state index in [0.29, 0.717) is 30.5 Å². The lowest BCUT2D eigenvalue weighted by atomic mass is 10.2. The highest BCUT2D eigenvalue weighted by atomic mass is 16.5. The van der Waals surface area contributed by atoms with Crippen LogP contribution in [-0.2, 0) is 22.4 Å². The second kappa shape index (κ2) is 7.33. The number of hydrogen-bond acceptors (Lipinski definition) is 6. The van der Waals surface area contributed by atoms with Gasteiger partial charge in [-0.25, -0.2) is 0 Å². The van der Waals surface area contributed by atoms with Crippen molar-refractivity contribution in [2.45, 2.75) is 57.8 Å². The van der Waals surface area contributed by atoms with Gasteiger partial charge in [0.15, 0.2) is 0 Å². The lowest BCUT2D eigenvalue weighted by molar-refractivity contribution is 0.0315. The summed E-state index contributed by atoms with van der Waals surface area (Å²) in [6.45, 7) is 6.33. The van der Waals surface area contributed by atoms with Crippen LogP contribution in [-0.4, -0.2) is 53.6 Å². The molecule has 0 bridgehead atoms. The predicted octanol–water partition coefficient (Wildman–Crippen LogP) is 1.79. The molecule has 0 aromatic carbocycles. The van der Waals surface area contributed by atoms with E-state index in [1.165, 1.54) is 12.8 Å². The van der Waals surface area contributed by atoms with Crippen molar-refractivity contribution < 1.29 is 13.9 Å². The molecule has 6 nitrogen and oxygen atoms in total. The summed E-state index contributed by atoms with van der Waals surface area (Å²) < 4.78 is 17.2. The summed E-state index contributed by atoms with van der Waals surface area (Å²) in [6.07, 6.45) is 6.07. The van der Waals surface area contributed by atoms with Gasteiger partial charge in [0.05, 0.1) is 18.8 Å². The molecule has 2 saturated heterocycles. The van der Waals surface area contributed by atoms with E-state index in [-0.39, 0.29) is 0 Å². The lowest BCUT2D eigenvalue weighted by Gasteiger charge is -2.26. The van der Waals surface area contributed by atoms with E-state index >= 15 is 0 Å². The Hall–Kier alpha value is -0.980. The van der Waals surface area contributed by atoms with E-state index in [4.69, 9.17) is 13.9 Å². The van der Waals surface area contributed by atoms with Crippen molar-refractivity contribution in [1.29, 1.82) is 0 Å². The molecule has 0 unspecified atom stereocenters. The third kappa shape index (κ3) is 4.25. The highest BCUT2D eigenvalue weighted by molar-refractivity contribution is 4.84. The van der Waals surface area contributed by atoms with E-state index in [0.717, 1.165) is 45.6 Å². The highest BCUT2D eigenvalue weighted by Crippen LogP contribution is 2.18. The summed E-state index contributed by atoms with van der Waals surface area (Å²) in [5.74, 6) is 1.40.